The van der Waals surface area contributed by atoms with E-state index in [4.69, 9.17) is 4.74 Å². The van der Waals surface area contributed by atoms with Gasteiger partial charge in [0.2, 0.25) is 0 Å². The van der Waals surface area contributed by atoms with Crippen molar-refractivity contribution in [1.82, 2.24) is 25.1 Å². The van der Waals surface area contributed by atoms with Crippen molar-refractivity contribution >= 4 is 5.91 Å². The molecule has 0 aromatic carbocycles. The number of H-pyrrole nitrogens is 2. The summed E-state index contributed by atoms with van der Waals surface area (Å²) in [7, 11) is 1.65. The van der Waals surface area contributed by atoms with Crippen molar-refractivity contribution in [3.63, 3.8) is 0 Å². The summed E-state index contributed by atoms with van der Waals surface area (Å²) < 4.78 is 5.13. The van der Waals surface area contributed by atoms with Crippen LogP contribution < -0.4 is 0 Å². The van der Waals surface area contributed by atoms with Crippen LogP contribution in [0.15, 0.2) is 12.3 Å². The van der Waals surface area contributed by atoms with Crippen molar-refractivity contribution in [3.05, 3.63) is 35.2 Å². The zero-order valence-corrected chi connectivity index (χ0v) is 15.7. The van der Waals surface area contributed by atoms with Gasteiger partial charge >= 0.3 is 0 Å². The minimum absolute atomic E-state index is 0.121. The van der Waals surface area contributed by atoms with Crippen LogP contribution in [-0.4, -0.2) is 51.2 Å². The lowest BCUT2D eigenvalue weighted by molar-refractivity contribution is 0.0783. The second-order valence-corrected chi connectivity index (χ2v) is 7.85. The number of nitrogens with one attached hydrogen (secondary N) is 2. The third-order valence-electron chi connectivity index (χ3n) is 5.63. The van der Waals surface area contributed by atoms with E-state index in [1.807, 2.05) is 17.2 Å². The van der Waals surface area contributed by atoms with Crippen LogP contribution in [0.3, 0.4) is 0 Å². The fourth-order valence-corrected chi connectivity index (χ4v) is 4.16. The topological polar surface area (TPSA) is 86.9 Å². The largest absolute Gasteiger partial charge is 0.377 e. The fraction of sp³-hybridized carbons (Fsp3) is 0.632. The molecule has 2 fully saturated rings. The lowest BCUT2D eigenvalue weighted by Crippen LogP contribution is -2.29. The smallest absolute Gasteiger partial charge is 0.255 e. The third-order valence-corrected chi connectivity index (χ3v) is 5.63. The summed E-state index contributed by atoms with van der Waals surface area (Å²) in [4.78, 5) is 23.0. The maximum Gasteiger partial charge on any atom is 0.255 e. The lowest BCUT2D eigenvalue weighted by Gasteiger charge is -2.17. The second-order valence-electron chi connectivity index (χ2n) is 7.85. The molecule has 1 aliphatic carbocycles. The first-order valence-electron chi connectivity index (χ1n) is 9.45. The van der Waals surface area contributed by atoms with Gasteiger partial charge in [-0.05, 0) is 36.7 Å². The van der Waals surface area contributed by atoms with Gasteiger partial charge in [0, 0.05) is 38.0 Å². The van der Waals surface area contributed by atoms with Gasteiger partial charge in [0.1, 0.15) is 6.61 Å². The van der Waals surface area contributed by atoms with Crippen LogP contribution in [-0.2, 0) is 11.3 Å². The molecular weight excluding hydrogens is 330 g/mol. The van der Waals surface area contributed by atoms with Crippen LogP contribution in [0.4, 0.5) is 0 Å². The number of hydrogen-bond donors (Lipinski definition) is 2. The highest BCUT2D eigenvalue weighted by molar-refractivity contribution is 5.95. The molecule has 4 rings (SSSR count). The Labute approximate surface area is 153 Å². The molecule has 2 atom stereocenters. The molecule has 0 bridgehead atoms. The molecule has 0 unspecified atom stereocenters. The molecule has 2 aliphatic rings. The summed E-state index contributed by atoms with van der Waals surface area (Å²) in [6, 6.07) is 1.90. The molecule has 1 aliphatic heterocycles. The van der Waals surface area contributed by atoms with E-state index in [0.717, 1.165) is 29.5 Å². The third kappa shape index (κ3) is 3.16. The first kappa shape index (κ1) is 17.3. The molecule has 7 nitrogen and oxygen atoms in total. The SMILES string of the molecule is COCc1nc([C@H]2CN(C(=O)c3cc[nH]c3C(C)C)C[C@@H]2C2CC2)n[nH]1. The summed E-state index contributed by atoms with van der Waals surface area (Å²) in [6.45, 7) is 6.12. The van der Waals surface area contributed by atoms with E-state index in [0.29, 0.717) is 30.9 Å². The number of amides is 1. The maximum atomic E-state index is 13.1. The van der Waals surface area contributed by atoms with Crippen molar-refractivity contribution in [2.24, 2.45) is 11.8 Å². The number of aromatic nitrogens is 4. The molecule has 0 spiro atoms. The average molecular weight is 357 g/mol. The first-order chi connectivity index (χ1) is 12.6. The summed E-state index contributed by atoms with van der Waals surface area (Å²) in [5.74, 6) is 3.33. The Bertz CT molecular complexity index is 776. The van der Waals surface area contributed by atoms with E-state index in [-0.39, 0.29) is 11.8 Å². The van der Waals surface area contributed by atoms with E-state index in [1.165, 1.54) is 12.8 Å². The van der Waals surface area contributed by atoms with E-state index in [2.05, 4.69) is 34.0 Å². The molecule has 0 radical (unpaired) electrons. The number of nitrogens with zero attached hydrogens (tertiary/aromatic N) is 3. The number of carbonyl (C=O) groups excluding carboxylic acids is 1. The van der Waals surface area contributed by atoms with Crippen molar-refractivity contribution in [2.75, 3.05) is 20.2 Å². The van der Waals surface area contributed by atoms with E-state index in [1.54, 1.807) is 7.11 Å². The van der Waals surface area contributed by atoms with Gasteiger partial charge in [-0.25, -0.2) is 4.98 Å². The number of carbonyl (C=O) groups is 1. The zero-order valence-electron chi connectivity index (χ0n) is 15.7. The second kappa shape index (κ2) is 6.87. The number of methoxy groups -OCH3 is 1. The summed E-state index contributed by atoms with van der Waals surface area (Å²) in [5.41, 5.74) is 1.81. The van der Waals surface area contributed by atoms with Crippen LogP contribution in [0.5, 0.6) is 0 Å². The maximum absolute atomic E-state index is 13.1. The van der Waals surface area contributed by atoms with Gasteiger partial charge in [-0.2, -0.15) is 5.10 Å². The predicted molar refractivity (Wildman–Crippen MR) is 96.8 cm³/mol. The monoisotopic (exact) mass is 357 g/mol. The van der Waals surface area contributed by atoms with Crippen LogP contribution in [0.1, 0.15) is 66.2 Å². The summed E-state index contributed by atoms with van der Waals surface area (Å²) in [5, 5.41) is 7.38. The molecule has 1 amide bonds. The number of hydrogen-bond acceptors (Lipinski definition) is 4. The molecule has 1 saturated carbocycles. The van der Waals surface area contributed by atoms with Crippen LogP contribution in [0.25, 0.3) is 0 Å². The van der Waals surface area contributed by atoms with Crippen LogP contribution >= 0.6 is 0 Å². The van der Waals surface area contributed by atoms with Gasteiger partial charge in [-0.15, -0.1) is 0 Å². The highest BCUT2D eigenvalue weighted by Gasteiger charge is 2.46. The predicted octanol–water partition coefficient (Wildman–Crippen LogP) is 2.67. The molecule has 2 aromatic heterocycles. The Morgan fingerprint density at radius 3 is 2.88 bits per heavy atom. The van der Waals surface area contributed by atoms with Gasteiger partial charge in [-0.3, -0.25) is 9.89 Å². The van der Waals surface area contributed by atoms with Gasteiger partial charge < -0.3 is 14.6 Å². The molecule has 2 N–H and O–H groups in total. The number of aromatic amines is 2. The van der Waals surface area contributed by atoms with Crippen molar-refractivity contribution < 1.29 is 9.53 Å². The molecule has 3 heterocycles. The minimum atomic E-state index is 0.121. The molecular formula is C19H27N5O2. The summed E-state index contributed by atoms with van der Waals surface area (Å²) in [6.07, 6.45) is 4.36. The van der Waals surface area contributed by atoms with Crippen molar-refractivity contribution in [1.29, 1.82) is 0 Å². The number of likely N-dealkylation sites (tertiary alicyclic amines) is 1. The van der Waals surface area contributed by atoms with E-state index < -0.39 is 0 Å². The normalized spacial score (nSPS) is 23.2. The minimum Gasteiger partial charge on any atom is -0.377 e. The highest BCUT2D eigenvalue weighted by Crippen LogP contribution is 2.47. The quantitative estimate of drug-likeness (QED) is 0.832. The van der Waals surface area contributed by atoms with Gasteiger partial charge in [0.15, 0.2) is 11.6 Å². The van der Waals surface area contributed by atoms with Crippen molar-refractivity contribution in [2.45, 2.75) is 45.1 Å². The Morgan fingerprint density at radius 1 is 1.38 bits per heavy atom. The van der Waals surface area contributed by atoms with Crippen molar-refractivity contribution in [3.8, 4) is 0 Å². The van der Waals surface area contributed by atoms with E-state index >= 15 is 0 Å². The Morgan fingerprint density at radius 2 is 2.19 bits per heavy atom. The average Bonchev–Trinajstić information content (AvgIpc) is 3.06. The highest BCUT2D eigenvalue weighted by atomic mass is 16.5. The molecule has 1 saturated heterocycles. The van der Waals surface area contributed by atoms with Gasteiger partial charge in [0.05, 0.1) is 5.56 Å². The summed E-state index contributed by atoms with van der Waals surface area (Å²) >= 11 is 0. The Kier molecular flexibility index (Phi) is 4.56. The number of rotatable bonds is 6. The Balaban J connectivity index is 1.55. The lowest BCUT2D eigenvalue weighted by atomic mass is 9.91. The van der Waals surface area contributed by atoms with E-state index in [9.17, 15) is 4.79 Å². The van der Waals surface area contributed by atoms with Crippen LogP contribution in [0, 0.1) is 11.8 Å². The fourth-order valence-electron chi connectivity index (χ4n) is 4.16. The van der Waals surface area contributed by atoms with Gasteiger partial charge in [0.25, 0.3) is 5.91 Å². The molecule has 26 heavy (non-hydrogen) atoms. The van der Waals surface area contributed by atoms with Gasteiger partial charge in [-0.1, -0.05) is 13.8 Å². The molecule has 140 valence electrons. The first-order valence-corrected chi connectivity index (χ1v) is 9.45. The molecule has 2 aromatic rings. The Hall–Kier alpha value is -2.15. The number of ether oxygens (including phenoxy) is 1. The zero-order chi connectivity index (χ0) is 18.3. The standard InChI is InChI=1S/C19H27N5O2/c1-11(2)17-13(6-7-20-17)19(25)24-8-14(12-4-5-12)15(9-24)18-21-16(10-26-3)22-23-18/h6-7,11-12,14-15,20H,4-5,8-10H2,1-3H3,(H,21,22,23)/t14-,15+/m1/s1. The van der Waals surface area contributed by atoms with Crippen LogP contribution in [0.2, 0.25) is 0 Å². The molecule has 7 heteroatoms.